The van der Waals surface area contributed by atoms with Gasteiger partial charge in [-0.05, 0) is 51.8 Å². The lowest BCUT2D eigenvalue weighted by molar-refractivity contribution is 0.0958. The highest BCUT2D eigenvalue weighted by molar-refractivity contribution is 6.01. The largest absolute Gasteiger partial charge is 0.363 e. The predicted molar refractivity (Wildman–Crippen MR) is 101 cm³/mol. The molecule has 0 unspecified atom stereocenters. The Morgan fingerprint density at radius 3 is 2.78 bits per heavy atom. The minimum atomic E-state index is -0.391. The van der Waals surface area contributed by atoms with Gasteiger partial charge in [0.15, 0.2) is 0 Å². The van der Waals surface area contributed by atoms with Gasteiger partial charge in [0.2, 0.25) is 0 Å². The number of benzene rings is 1. The Hall–Kier alpha value is -2.96. The van der Waals surface area contributed by atoms with E-state index in [1.54, 1.807) is 12.1 Å². The van der Waals surface area contributed by atoms with Crippen molar-refractivity contribution in [3.05, 3.63) is 41.0 Å². The van der Waals surface area contributed by atoms with Crippen LogP contribution in [0.2, 0.25) is 0 Å². The molecule has 2 aliphatic rings. The summed E-state index contributed by atoms with van der Waals surface area (Å²) in [6, 6.07) is 4.61. The van der Waals surface area contributed by atoms with E-state index in [0.717, 1.165) is 24.2 Å². The summed E-state index contributed by atoms with van der Waals surface area (Å²) >= 11 is 0. The molecule has 3 heterocycles. The lowest BCUT2D eigenvalue weighted by atomic mass is 10.1. The molecule has 1 aliphatic heterocycles. The van der Waals surface area contributed by atoms with Crippen LogP contribution in [-0.4, -0.2) is 26.4 Å². The first-order valence-corrected chi connectivity index (χ1v) is 9.14. The van der Waals surface area contributed by atoms with Gasteiger partial charge in [-0.2, -0.15) is 0 Å². The lowest BCUT2D eigenvalue weighted by Crippen LogP contribution is -2.18. The molecular weight excluding hydrogens is 345 g/mol. The average Bonchev–Trinajstić information content (AvgIpc) is 3.08. The molecule has 0 spiro atoms. The van der Waals surface area contributed by atoms with Gasteiger partial charge >= 0.3 is 0 Å². The molecule has 0 saturated heterocycles. The first-order valence-electron chi connectivity index (χ1n) is 9.14. The van der Waals surface area contributed by atoms with Gasteiger partial charge < -0.3 is 15.6 Å². The highest BCUT2D eigenvalue weighted by atomic mass is 19.1. The monoisotopic (exact) mass is 365 g/mol. The van der Waals surface area contributed by atoms with Crippen LogP contribution in [0.5, 0.6) is 0 Å². The Bertz CT molecular complexity index is 1120. The summed E-state index contributed by atoms with van der Waals surface area (Å²) in [5.74, 6) is 0.142. The molecule has 1 saturated carbocycles. The van der Waals surface area contributed by atoms with E-state index in [9.17, 15) is 9.18 Å². The maximum absolute atomic E-state index is 14.8. The number of aromatic amines is 1. The summed E-state index contributed by atoms with van der Waals surface area (Å²) in [6.07, 6.45) is 2.16. The van der Waals surface area contributed by atoms with E-state index in [4.69, 9.17) is 4.98 Å². The summed E-state index contributed by atoms with van der Waals surface area (Å²) < 4.78 is 14.8. The van der Waals surface area contributed by atoms with Crippen molar-refractivity contribution < 1.29 is 9.18 Å². The summed E-state index contributed by atoms with van der Waals surface area (Å²) in [4.78, 5) is 24.6. The number of hydrogen-bond donors (Lipinski definition) is 3. The number of nitrogens with zero attached hydrogens (tertiary/aromatic N) is 2. The number of hydrogen-bond acceptors (Lipinski definition) is 4. The van der Waals surface area contributed by atoms with Crippen LogP contribution >= 0.6 is 0 Å². The van der Waals surface area contributed by atoms with E-state index in [-0.39, 0.29) is 17.5 Å². The molecule has 1 amide bonds. The average molecular weight is 365 g/mol. The molecule has 3 N–H and O–H groups in total. The Balaban J connectivity index is 1.70. The summed E-state index contributed by atoms with van der Waals surface area (Å²) in [7, 11) is 0. The van der Waals surface area contributed by atoms with Gasteiger partial charge in [0.1, 0.15) is 17.2 Å². The molecule has 5 rings (SSSR count). The quantitative estimate of drug-likeness (QED) is 0.659. The Morgan fingerprint density at radius 2 is 2.07 bits per heavy atom. The Labute approximate surface area is 155 Å². The van der Waals surface area contributed by atoms with Crippen molar-refractivity contribution in [3.8, 4) is 11.3 Å². The van der Waals surface area contributed by atoms with Gasteiger partial charge in [-0.3, -0.25) is 4.79 Å². The molecular formula is C20H20FN5O. The first-order chi connectivity index (χ1) is 12.8. The molecule has 0 bridgehead atoms. The molecule has 1 aliphatic carbocycles. The molecule has 0 radical (unpaired) electrons. The molecule has 2 aromatic heterocycles. The molecule has 1 atom stereocenters. The molecule has 3 aromatic rings. The van der Waals surface area contributed by atoms with Crippen LogP contribution in [0.1, 0.15) is 54.5 Å². The Kier molecular flexibility index (Phi) is 3.17. The molecule has 1 aromatic carbocycles. The van der Waals surface area contributed by atoms with Crippen molar-refractivity contribution in [3.63, 3.8) is 0 Å². The number of anilines is 1. The van der Waals surface area contributed by atoms with E-state index in [1.807, 2.05) is 13.8 Å². The van der Waals surface area contributed by atoms with Gasteiger partial charge in [0.25, 0.3) is 5.91 Å². The minimum Gasteiger partial charge on any atom is -0.363 e. The zero-order valence-corrected chi connectivity index (χ0v) is 15.4. The maximum atomic E-state index is 14.8. The van der Waals surface area contributed by atoms with Crippen LogP contribution in [0.15, 0.2) is 18.2 Å². The Morgan fingerprint density at radius 1 is 1.30 bits per heavy atom. The van der Waals surface area contributed by atoms with Gasteiger partial charge in [-0.15, -0.1) is 0 Å². The standard InChI is InChI=1S/C20H20FN5O/c1-9-16-11(19(27)23-9)8-14(24-16)15-12(21)4-5-13-17(15)25-18(10(2)22-13)26-20(3)6-7-20/h4-5,8-9,24H,6-7H2,1-3H3,(H,23,27)(H,25,26)/t9-/m0/s1. The smallest absolute Gasteiger partial charge is 0.253 e. The van der Waals surface area contributed by atoms with Gasteiger partial charge in [0, 0.05) is 5.54 Å². The highest BCUT2D eigenvalue weighted by Gasteiger charge is 2.38. The number of fused-ring (bicyclic) bond motifs is 2. The van der Waals surface area contributed by atoms with Gasteiger partial charge in [0.05, 0.1) is 39.8 Å². The maximum Gasteiger partial charge on any atom is 0.253 e. The zero-order valence-electron chi connectivity index (χ0n) is 15.4. The third kappa shape index (κ3) is 2.49. The van der Waals surface area contributed by atoms with Crippen molar-refractivity contribution in [2.75, 3.05) is 5.32 Å². The van der Waals surface area contributed by atoms with Crippen LogP contribution in [0.25, 0.3) is 22.3 Å². The summed E-state index contributed by atoms with van der Waals surface area (Å²) in [5, 5.41) is 6.27. The fraction of sp³-hybridized carbons (Fsp3) is 0.350. The van der Waals surface area contributed by atoms with E-state index >= 15 is 0 Å². The van der Waals surface area contributed by atoms with E-state index in [0.29, 0.717) is 33.7 Å². The number of rotatable bonds is 3. The normalized spacial score (nSPS) is 19.9. The third-order valence-electron chi connectivity index (χ3n) is 5.52. The van der Waals surface area contributed by atoms with Crippen molar-refractivity contribution in [1.29, 1.82) is 0 Å². The van der Waals surface area contributed by atoms with Crippen LogP contribution in [-0.2, 0) is 0 Å². The zero-order chi connectivity index (χ0) is 18.9. The van der Waals surface area contributed by atoms with Crippen LogP contribution in [0.4, 0.5) is 10.2 Å². The SMILES string of the molecule is Cc1nc2ccc(F)c(-c3cc4c([nH]3)[C@H](C)NC4=O)c2nc1NC1(C)CC1. The third-order valence-corrected chi connectivity index (χ3v) is 5.52. The molecule has 7 heteroatoms. The van der Waals surface area contributed by atoms with E-state index < -0.39 is 5.82 Å². The fourth-order valence-electron chi connectivity index (χ4n) is 3.64. The van der Waals surface area contributed by atoms with Crippen molar-refractivity contribution in [2.24, 2.45) is 0 Å². The van der Waals surface area contributed by atoms with Gasteiger partial charge in [-0.25, -0.2) is 14.4 Å². The topological polar surface area (TPSA) is 82.7 Å². The molecule has 6 nitrogen and oxygen atoms in total. The molecule has 1 fully saturated rings. The van der Waals surface area contributed by atoms with E-state index in [2.05, 4.69) is 27.5 Å². The fourth-order valence-corrected chi connectivity index (χ4v) is 3.64. The number of amides is 1. The molecule has 138 valence electrons. The number of carbonyl (C=O) groups is 1. The van der Waals surface area contributed by atoms with Crippen molar-refractivity contribution in [2.45, 2.75) is 45.2 Å². The minimum absolute atomic E-state index is 0.0434. The number of nitrogens with one attached hydrogen (secondary N) is 3. The second kappa shape index (κ2) is 5.28. The second-order valence-corrected chi connectivity index (χ2v) is 7.84. The number of aryl methyl sites for hydroxylation is 1. The predicted octanol–water partition coefficient (Wildman–Crippen LogP) is 3.84. The van der Waals surface area contributed by atoms with Crippen molar-refractivity contribution in [1.82, 2.24) is 20.3 Å². The summed E-state index contributed by atoms with van der Waals surface area (Å²) in [6.45, 7) is 5.93. The highest BCUT2D eigenvalue weighted by Crippen LogP contribution is 2.39. The molecule has 27 heavy (non-hydrogen) atoms. The van der Waals surface area contributed by atoms with E-state index in [1.165, 1.54) is 6.07 Å². The van der Waals surface area contributed by atoms with Crippen molar-refractivity contribution >= 4 is 22.8 Å². The number of halogens is 1. The summed E-state index contributed by atoms with van der Waals surface area (Å²) in [5.41, 5.74) is 4.16. The van der Waals surface area contributed by atoms with Gasteiger partial charge in [-0.1, -0.05) is 0 Å². The number of carbonyl (C=O) groups excluding carboxylic acids is 1. The number of H-pyrrole nitrogens is 1. The first kappa shape index (κ1) is 16.2. The lowest BCUT2D eigenvalue weighted by Gasteiger charge is -2.16. The van der Waals surface area contributed by atoms with Crippen LogP contribution < -0.4 is 10.6 Å². The second-order valence-electron chi connectivity index (χ2n) is 7.84. The van der Waals surface area contributed by atoms with Crippen LogP contribution in [0.3, 0.4) is 0 Å². The van der Waals surface area contributed by atoms with Crippen LogP contribution in [0, 0.1) is 12.7 Å². The number of aromatic nitrogens is 3.